The molecule has 0 unspecified atom stereocenters. The number of rotatable bonds is 6. The number of hydrogen-bond acceptors (Lipinski definition) is 6. The fourth-order valence-corrected chi connectivity index (χ4v) is 2.52. The monoisotopic (exact) mass is 331 g/mol. The normalized spacial score (nSPS) is 11.6. The highest BCUT2D eigenvalue weighted by molar-refractivity contribution is 8.00. The van der Waals surface area contributed by atoms with Gasteiger partial charge in [0.05, 0.1) is 17.9 Å². The molecule has 1 amide bonds. The van der Waals surface area contributed by atoms with Crippen molar-refractivity contribution in [2.24, 2.45) is 0 Å². The number of nitrogens with one attached hydrogen (secondary N) is 1. The summed E-state index contributed by atoms with van der Waals surface area (Å²) in [6.07, 6.45) is 3.28. The molecule has 0 saturated carbocycles. The third kappa shape index (κ3) is 5.07. The molecule has 0 fully saturated rings. The first-order chi connectivity index (χ1) is 11.1. The number of aromatic nitrogens is 2. The Bertz CT molecular complexity index is 662. The average molecular weight is 331 g/mol. The van der Waals surface area contributed by atoms with Gasteiger partial charge in [0.2, 0.25) is 5.91 Å². The van der Waals surface area contributed by atoms with Crippen molar-refractivity contribution in [1.82, 2.24) is 15.3 Å². The van der Waals surface area contributed by atoms with Crippen molar-refractivity contribution in [2.75, 3.05) is 7.11 Å². The van der Waals surface area contributed by atoms with Crippen LogP contribution in [0.3, 0.4) is 0 Å². The molecule has 0 aliphatic heterocycles. The fourth-order valence-electron chi connectivity index (χ4n) is 1.77. The molecule has 6 nitrogen and oxygen atoms in total. The van der Waals surface area contributed by atoms with Gasteiger partial charge in [-0.25, -0.2) is 14.8 Å². The number of esters is 1. The number of hydrogen-bond donors (Lipinski definition) is 1. The standard InChI is InChI=1S/C16H17N3O3S/c1-11(23-16-17-8-3-9-18-16)14(20)19-10-12-4-6-13(7-5-12)15(21)22-2/h3-9,11H,10H2,1-2H3,(H,19,20)/t11-/m1/s1. The highest BCUT2D eigenvalue weighted by Gasteiger charge is 2.15. The van der Waals surface area contributed by atoms with Gasteiger partial charge in [0.15, 0.2) is 5.16 Å². The predicted molar refractivity (Wildman–Crippen MR) is 87.0 cm³/mol. The molecular formula is C16H17N3O3S. The third-order valence-corrected chi connectivity index (χ3v) is 4.02. The summed E-state index contributed by atoms with van der Waals surface area (Å²) in [4.78, 5) is 31.6. The molecule has 1 aromatic heterocycles. The van der Waals surface area contributed by atoms with Gasteiger partial charge >= 0.3 is 5.97 Å². The van der Waals surface area contributed by atoms with Crippen LogP contribution in [0.2, 0.25) is 0 Å². The zero-order valence-corrected chi connectivity index (χ0v) is 13.7. The molecule has 0 bridgehead atoms. The SMILES string of the molecule is COC(=O)c1ccc(CNC(=O)[C@@H](C)Sc2ncccn2)cc1. The lowest BCUT2D eigenvalue weighted by Crippen LogP contribution is -2.30. The first-order valence-electron chi connectivity index (χ1n) is 6.99. The van der Waals surface area contributed by atoms with Crippen LogP contribution in [-0.2, 0) is 16.1 Å². The van der Waals surface area contributed by atoms with E-state index in [1.807, 2.05) is 0 Å². The summed E-state index contributed by atoms with van der Waals surface area (Å²) in [5, 5.41) is 3.12. The lowest BCUT2D eigenvalue weighted by Gasteiger charge is -2.11. The van der Waals surface area contributed by atoms with Crippen LogP contribution in [0, 0.1) is 0 Å². The Morgan fingerprint density at radius 2 is 1.87 bits per heavy atom. The van der Waals surface area contributed by atoms with Crippen LogP contribution in [0.25, 0.3) is 0 Å². The van der Waals surface area contributed by atoms with Crippen LogP contribution < -0.4 is 5.32 Å². The Kier molecular flexibility index (Phi) is 6.10. The minimum Gasteiger partial charge on any atom is -0.465 e. The first kappa shape index (κ1) is 17.0. The van der Waals surface area contributed by atoms with Gasteiger partial charge in [-0.05, 0) is 30.7 Å². The van der Waals surface area contributed by atoms with Crippen LogP contribution in [0.15, 0.2) is 47.9 Å². The number of thioether (sulfide) groups is 1. The molecule has 0 radical (unpaired) electrons. The average Bonchev–Trinajstić information content (AvgIpc) is 2.60. The molecular weight excluding hydrogens is 314 g/mol. The molecule has 0 aliphatic carbocycles. The summed E-state index contributed by atoms with van der Waals surface area (Å²) in [5.41, 5.74) is 1.38. The Hall–Kier alpha value is -2.41. The van der Waals surface area contributed by atoms with Gasteiger partial charge in [-0.1, -0.05) is 23.9 Å². The molecule has 0 spiro atoms. The molecule has 0 saturated heterocycles. The number of carbonyl (C=O) groups excluding carboxylic acids is 2. The predicted octanol–water partition coefficient (Wildman–Crippen LogP) is 2.06. The Labute approximate surface area is 138 Å². The first-order valence-corrected chi connectivity index (χ1v) is 7.86. The van der Waals surface area contributed by atoms with E-state index >= 15 is 0 Å². The van der Waals surface area contributed by atoms with Crippen molar-refractivity contribution in [3.63, 3.8) is 0 Å². The van der Waals surface area contributed by atoms with Gasteiger partial charge in [0.1, 0.15) is 0 Å². The van der Waals surface area contributed by atoms with E-state index in [1.165, 1.54) is 18.9 Å². The van der Waals surface area contributed by atoms with E-state index < -0.39 is 0 Å². The lowest BCUT2D eigenvalue weighted by molar-refractivity contribution is -0.120. The molecule has 1 N–H and O–H groups in total. The minimum absolute atomic E-state index is 0.0977. The molecule has 23 heavy (non-hydrogen) atoms. The maximum absolute atomic E-state index is 12.1. The fraction of sp³-hybridized carbons (Fsp3) is 0.250. The maximum Gasteiger partial charge on any atom is 0.337 e. The van der Waals surface area contributed by atoms with Crippen LogP contribution >= 0.6 is 11.8 Å². The van der Waals surface area contributed by atoms with Crippen LogP contribution in [0.5, 0.6) is 0 Å². The van der Waals surface area contributed by atoms with E-state index in [-0.39, 0.29) is 17.1 Å². The highest BCUT2D eigenvalue weighted by Crippen LogP contribution is 2.18. The van der Waals surface area contributed by atoms with Crippen molar-refractivity contribution in [1.29, 1.82) is 0 Å². The van der Waals surface area contributed by atoms with E-state index in [4.69, 9.17) is 0 Å². The summed E-state index contributed by atoms with van der Waals surface area (Å²) in [7, 11) is 1.34. The molecule has 2 aromatic rings. The number of methoxy groups -OCH3 is 1. The Morgan fingerprint density at radius 1 is 1.22 bits per heavy atom. The van der Waals surface area contributed by atoms with Gasteiger partial charge in [-0.2, -0.15) is 0 Å². The van der Waals surface area contributed by atoms with E-state index in [0.29, 0.717) is 17.3 Å². The van der Waals surface area contributed by atoms with Crippen molar-refractivity contribution in [3.05, 3.63) is 53.9 Å². The molecule has 1 atom stereocenters. The summed E-state index contributed by atoms with van der Waals surface area (Å²) in [6, 6.07) is 8.63. The number of benzene rings is 1. The maximum atomic E-state index is 12.1. The number of amides is 1. The minimum atomic E-state index is -0.381. The molecule has 120 valence electrons. The van der Waals surface area contributed by atoms with Crippen LogP contribution in [-0.4, -0.2) is 34.2 Å². The number of carbonyl (C=O) groups is 2. The van der Waals surface area contributed by atoms with Gasteiger partial charge in [0.25, 0.3) is 0 Å². The zero-order valence-electron chi connectivity index (χ0n) is 12.9. The summed E-state index contributed by atoms with van der Waals surface area (Å²) >= 11 is 1.30. The summed E-state index contributed by atoms with van der Waals surface area (Å²) in [6.45, 7) is 2.19. The second-order valence-corrected chi connectivity index (χ2v) is 6.01. The van der Waals surface area contributed by atoms with E-state index in [2.05, 4.69) is 20.0 Å². The largest absolute Gasteiger partial charge is 0.465 e. The number of nitrogens with zero attached hydrogens (tertiary/aromatic N) is 2. The van der Waals surface area contributed by atoms with Gasteiger partial charge < -0.3 is 10.1 Å². The molecule has 1 heterocycles. The molecule has 7 heteroatoms. The smallest absolute Gasteiger partial charge is 0.337 e. The molecule has 2 rings (SSSR count). The quantitative estimate of drug-likeness (QED) is 0.496. The van der Waals surface area contributed by atoms with Gasteiger partial charge in [-0.15, -0.1) is 0 Å². The highest BCUT2D eigenvalue weighted by atomic mass is 32.2. The van der Waals surface area contributed by atoms with Crippen molar-refractivity contribution in [3.8, 4) is 0 Å². The zero-order chi connectivity index (χ0) is 16.7. The van der Waals surface area contributed by atoms with Crippen molar-refractivity contribution in [2.45, 2.75) is 23.9 Å². The topological polar surface area (TPSA) is 81.2 Å². The van der Waals surface area contributed by atoms with Crippen molar-refractivity contribution < 1.29 is 14.3 Å². The van der Waals surface area contributed by atoms with Crippen molar-refractivity contribution >= 4 is 23.6 Å². The van der Waals surface area contributed by atoms with Gasteiger partial charge in [0, 0.05) is 18.9 Å². The second-order valence-electron chi connectivity index (χ2n) is 4.70. The summed E-state index contributed by atoms with van der Waals surface area (Å²) < 4.78 is 4.64. The Balaban J connectivity index is 1.85. The second kappa shape index (κ2) is 8.28. The van der Waals surface area contributed by atoms with Gasteiger partial charge in [-0.3, -0.25) is 4.79 Å². The van der Waals surface area contributed by atoms with Crippen LogP contribution in [0.4, 0.5) is 0 Å². The molecule has 1 aromatic carbocycles. The van der Waals surface area contributed by atoms with E-state index in [9.17, 15) is 9.59 Å². The lowest BCUT2D eigenvalue weighted by atomic mass is 10.1. The number of ether oxygens (including phenoxy) is 1. The molecule has 0 aliphatic rings. The van der Waals surface area contributed by atoms with E-state index in [0.717, 1.165) is 5.56 Å². The summed E-state index contributed by atoms with van der Waals surface area (Å²) in [5.74, 6) is -0.479. The van der Waals surface area contributed by atoms with Crippen LogP contribution in [0.1, 0.15) is 22.8 Å². The Morgan fingerprint density at radius 3 is 2.48 bits per heavy atom. The third-order valence-electron chi connectivity index (χ3n) is 3.04. The van der Waals surface area contributed by atoms with E-state index in [1.54, 1.807) is 49.6 Å².